The van der Waals surface area contributed by atoms with Gasteiger partial charge in [-0.05, 0) is 11.6 Å². The Kier molecular flexibility index (Phi) is 77.2. The van der Waals surface area contributed by atoms with E-state index in [9.17, 15) is 13.2 Å². The van der Waals surface area contributed by atoms with Crippen molar-refractivity contribution in [3.05, 3.63) is 44.7 Å². The van der Waals surface area contributed by atoms with E-state index in [-0.39, 0.29) is 17.4 Å². The van der Waals surface area contributed by atoms with Crippen LogP contribution in [0.1, 0.15) is 0 Å². The van der Waals surface area contributed by atoms with E-state index in [0.29, 0.717) is 0 Å². The van der Waals surface area contributed by atoms with Gasteiger partial charge < -0.3 is 0 Å². The van der Waals surface area contributed by atoms with Crippen LogP contribution < -0.4 is 0 Å². The number of hydrogen-bond donors (Lipinski definition) is 0. The van der Waals surface area contributed by atoms with Crippen LogP contribution in [-0.2, 0) is 40.6 Å². The Morgan fingerprint density at radius 3 is 0.850 bits per heavy atom. The minimum Gasteiger partial charge on any atom is 0 e. The predicted molar refractivity (Wildman–Crippen MR) is 46.7 cm³/mol. The van der Waals surface area contributed by atoms with Crippen molar-refractivity contribution in [2.75, 3.05) is 0 Å². The van der Waals surface area contributed by atoms with Crippen LogP contribution in [0, 0.1) is 39.8 Å². The first-order valence-corrected chi connectivity index (χ1v) is 3.42. The molecule has 20 heavy (non-hydrogen) atoms. The maximum atomic E-state index is 11.9. The Morgan fingerprint density at radius 1 is 0.700 bits per heavy atom. The topological polar surface area (TPSA) is 104 Å². The number of alkyl halides is 5. The van der Waals surface area contributed by atoms with Gasteiger partial charge in [-0.1, -0.05) is 0 Å². The molecule has 0 aliphatic carbocycles. The molecule has 0 aliphatic rings. The third-order valence-corrected chi connectivity index (χ3v) is 1.15. The Labute approximate surface area is 132 Å². The van der Waals surface area contributed by atoms with Crippen molar-refractivity contribution in [2.45, 2.75) is 10.6 Å². The second-order valence-corrected chi connectivity index (χ2v) is 2.13. The third-order valence-electron chi connectivity index (χ3n) is 0.481. The maximum Gasteiger partial charge on any atom is 0 e. The summed E-state index contributed by atoms with van der Waals surface area (Å²) in [6, 6.07) is 0. The van der Waals surface area contributed by atoms with Gasteiger partial charge in [0.1, 0.15) is 0 Å². The fourth-order valence-electron chi connectivity index (χ4n) is 0.0634. The maximum absolute atomic E-state index is 11.9. The molecule has 0 saturated carbocycles. The van der Waals surface area contributed by atoms with Gasteiger partial charge in [0.25, 0.3) is 0 Å². The van der Waals surface area contributed by atoms with Crippen molar-refractivity contribution in [3.63, 3.8) is 0 Å². The summed E-state index contributed by atoms with van der Waals surface area (Å²) < 4.78 is 72.4. The van der Waals surface area contributed by atoms with E-state index < -0.39 is 10.6 Å². The summed E-state index contributed by atoms with van der Waals surface area (Å²) >= 11 is 8.36. The molecule has 0 amide bonds. The van der Waals surface area contributed by atoms with Crippen molar-refractivity contribution in [1.82, 2.24) is 0 Å². The van der Waals surface area contributed by atoms with Crippen LogP contribution in [0.15, 0.2) is 0 Å². The van der Waals surface area contributed by atoms with E-state index in [1.807, 2.05) is 0 Å². The van der Waals surface area contributed by atoms with Crippen molar-refractivity contribution < 1.29 is 53.8 Å². The molecule has 108 valence electrons. The average Bonchev–Trinajstić information content (AvgIpc) is 2.48. The molecule has 0 aromatic heterocycles. The smallest absolute Gasteiger partial charge is 0 e. The zero-order chi connectivity index (χ0) is 17.7. The van der Waals surface area contributed by atoms with Crippen molar-refractivity contribution in [1.29, 1.82) is 0 Å². The first kappa shape index (κ1) is 42.7. The quantitative estimate of drug-likeness (QED) is 0.293. The molecule has 0 bridgehead atoms. The summed E-state index contributed by atoms with van der Waals surface area (Å²) in [6.45, 7) is 28.3. The summed E-state index contributed by atoms with van der Waals surface area (Å²) in [5.41, 5.74) is 0. The third kappa shape index (κ3) is 36.0. The standard InChI is InChI=1S/C3Cl2F3N.5CO.Cr/c1-9-3(5,8)2(4,6)7;5*1-2;. The van der Waals surface area contributed by atoms with Gasteiger partial charge in [0.15, 0.2) is 0 Å². The van der Waals surface area contributed by atoms with Crippen LogP contribution >= 0.6 is 23.2 Å². The van der Waals surface area contributed by atoms with Crippen LogP contribution in [-0.4, -0.2) is 10.6 Å². The molecule has 1 unspecified atom stereocenters. The van der Waals surface area contributed by atoms with Gasteiger partial charge in [-0.25, -0.2) is 6.57 Å². The van der Waals surface area contributed by atoms with Crippen molar-refractivity contribution >= 4 is 23.2 Å². The minimum atomic E-state index is -4.34. The molecule has 6 nitrogen and oxygen atoms in total. The monoisotopic (exact) mass is 369 g/mol. The average molecular weight is 370 g/mol. The van der Waals surface area contributed by atoms with Crippen LogP contribution in [0.3, 0.4) is 0 Å². The van der Waals surface area contributed by atoms with Crippen LogP contribution in [0.2, 0.25) is 0 Å². The van der Waals surface area contributed by atoms with E-state index in [2.05, 4.69) is 56.5 Å². The molecule has 0 N–H and O–H groups in total. The minimum absolute atomic E-state index is 0. The molecule has 0 aliphatic heterocycles. The number of nitrogens with zero attached hydrogens (tertiary/aromatic N) is 1. The van der Waals surface area contributed by atoms with Crippen LogP contribution in [0.4, 0.5) is 13.2 Å². The Bertz CT molecular complexity index is 295. The van der Waals surface area contributed by atoms with E-state index >= 15 is 0 Å². The Morgan fingerprint density at radius 2 is 0.850 bits per heavy atom. The first-order valence-electron chi connectivity index (χ1n) is 2.66. The molecule has 12 heteroatoms. The first-order chi connectivity index (χ1) is 8.81. The zero-order valence-electron chi connectivity index (χ0n) is 8.79. The van der Waals surface area contributed by atoms with Gasteiger partial charge in [0, 0.05) is 29.0 Å². The van der Waals surface area contributed by atoms with Crippen LogP contribution in [0.25, 0.3) is 4.85 Å². The Balaban J connectivity index is -0.0000000261. The summed E-state index contributed by atoms with van der Waals surface area (Å²) in [4.78, 5) is 1.76. The molecule has 0 heterocycles. The molecule has 0 saturated heterocycles. The molecular weight excluding hydrogens is 370 g/mol. The van der Waals surface area contributed by atoms with Gasteiger partial charge in [0.2, 0.25) is 0 Å². The summed E-state index contributed by atoms with van der Waals surface area (Å²) in [7, 11) is 0. The van der Waals surface area contributed by atoms with Gasteiger partial charge in [-0.15, -0.1) is 4.39 Å². The van der Waals surface area contributed by atoms with Crippen molar-refractivity contribution in [3.8, 4) is 0 Å². The number of halogens is 5. The predicted octanol–water partition coefficient (Wildman–Crippen LogP) is 2.41. The molecule has 0 fully saturated rings. The summed E-state index contributed by atoms with van der Waals surface area (Å²) in [6.07, 6.45) is 0. The second-order valence-electron chi connectivity index (χ2n) is 1.15. The van der Waals surface area contributed by atoms with Gasteiger partial charge in [0.05, 0.1) is 0 Å². The Hall–Kier alpha value is -0.908. The molecule has 0 aromatic carbocycles. The molecule has 0 spiro atoms. The fourth-order valence-corrected chi connectivity index (χ4v) is 0.106. The van der Waals surface area contributed by atoms with Gasteiger partial charge in [-0.3, -0.25) is 4.85 Å². The molecule has 0 radical (unpaired) electrons. The summed E-state index contributed by atoms with van der Waals surface area (Å²) in [5, 5.41) is -8.16. The largest absolute Gasteiger partial charge is 0 e. The molecule has 0 rings (SSSR count). The summed E-state index contributed by atoms with van der Waals surface area (Å²) in [5.74, 6) is 0. The SMILES string of the molecule is [C-]#[N+]C(F)(Cl)C(F)(F)Cl.[C-]#[O+].[C-]#[O+].[C-]#[O+].[C-]#[O+].[C-]#[O+].[Cr]. The normalized spacial score (nSPS) is 8.70. The number of hydrogen-bond acceptors (Lipinski definition) is 0. The van der Waals surface area contributed by atoms with Gasteiger partial charge >= 0.3 is 67.1 Å². The van der Waals surface area contributed by atoms with Crippen molar-refractivity contribution in [2.24, 2.45) is 0 Å². The molecular formula is C8Cl2CrF3NO5. The fraction of sp³-hybridized carbons (Fsp3) is 0.250. The van der Waals surface area contributed by atoms with E-state index in [0.717, 1.165) is 0 Å². The van der Waals surface area contributed by atoms with E-state index in [1.54, 1.807) is 4.85 Å². The van der Waals surface area contributed by atoms with Crippen LogP contribution in [0.5, 0.6) is 0 Å². The van der Waals surface area contributed by atoms with E-state index in [1.165, 1.54) is 0 Å². The van der Waals surface area contributed by atoms with E-state index in [4.69, 9.17) is 29.8 Å². The second kappa shape index (κ2) is 36.1. The molecule has 1 atom stereocenters. The zero-order valence-corrected chi connectivity index (χ0v) is 11.6. The molecule has 0 aromatic rings. The van der Waals surface area contributed by atoms with Gasteiger partial charge in [-0.2, -0.15) is 8.78 Å². The number of rotatable bonds is 1.